The van der Waals surface area contributed by atoms with E-state index in [9.17, 15) is 9.59 Å². The summed E-state index contributed by atoms with van der Waals surface area (Å²) in [5.41, 5.74) is 3.96. The van der Waals surface area contributed by atoms with Crippen LogP contribution in [0.1, 0.15) is 34.3 Å². The van der Waals surface area contributed by atoms with Gasteiger partial charge >= 0.3 is 0 Å². The first-order valence-corrected chi connectivity index (χ1v) is 8.32. The number of ether oxygens (including phenoxy) is 1. The van der Waals surface area contributed by atoms with Gasteiger partial charge in [0.15, 0.2) is 0 Å². The fourth-order valence-corrected chi connectivity index (χ4v) is 2.52. The molecule has 0 atom stereocenters. The van der Waals surface area contributed by atoms with Gasteiger partial charge in [0.2, 0.25) is 0 Å². The van der Waals surface area contributed by atoms with Gasteiger partial charge in [-0.05, 0) is 54.3 Å². The van der Waals surface area contributed by atoms with E-state index in [0.717, 1.165) is 24.0 Å². The molecule has 1 fully saturated rings. The predicted octanol–water partition coefficient (Wildman–Crippen LogP) is 2.63. The van der Waals surface area contributed by atoms with Gasteiger partial charge in [0.25, 0.3) is 11.8 Å². The van der Waals surface area contributed by atoms with Crippen molar-refractivity contribution in [2.75, 3.05) is 7.11 Å². The van der Waals surface area contributed by atoms with Crippen molar-refractivity contribution in [1.82, 2.24) is 10.8 Å². The minimum absolute atomic E-state index is 0.141. The molecule has 3 rings (SSSR count). The Balaban J connectivity index is 1.94. The average Bonchev–Trinajstić information content (AvgIpc) is 3.49. The normalized spacial score (nSPS) is 13.8. The highest BCUT2D eigenvalue weighted by Gasteiger charge is 2.25. The smallest absolute Gasteiger partial charge is 0.274 e. The number of methoxy groups -OCH3 is 1. The van der Waals surface area contributed by atoms with Crippen LogP contribution in [-0.4, -0.2) is 30.2 Å². The molecule has 0 saturated heterocycles. The Bertz CT molecular complexity index is 839. The topological polar surface area (TPSA) is 87.7 Å². The van der Waals surface area contributed by atoms with E-state index in [1.807, 2.05) is 24.3 Å². The van der Waals surface area contributed by atoms with Gasteiger partial charge in [-0.2, -0.15) is 0 Å². The van der Waals surface area contributed by atoms with Gasteiger partial charge in [-0.25, -0.2) is 5.48 Å². The number of rotatable bonds is 6. The second kappa shape index (κ2) is 7.84. The third-order valence-corrected chi connectivity index (χ3v) is 4.12. The zero-order valence-corrected chi connectivity index (χ0v) is 14.4. The zero-order chi connectivity index (χ0) is 18.5. The van der Waals surface area contributed by atoms with E-state index in [2.05, 4.69) is 5.32 Å². The predicted molar refractivity (Wildman–Crippen MR) is 97.7 cm³/mol. The van der Waals surface area contributed by atoms with Crippen LogP contribution in [0.3, 0.4) is 0 Å². The number of carbonyl (C=O) groups is 2. The standard InChI is InChI=1S/C20H20N2O4/c1-26-17-4-2-3-15(12-17)18(20(24)21-16-9-10-16)11-13-5-7-14(8-6-13)19(23)22-25/h2-8,11-12,16,25H,9-10H2,1H3,(H,21,24)(H,22,23). The van der Waals surface area contributed by atoms with Crippen molar-refractivity contribution in [2.45, 2.75) is 18.9 Å². The molecule has 0 heterocycles. The van der Waals surface area contributed by atoms with Crippen molar-refractivity contribution in [2.24, 2.45) is 0 Å². The fraction of sp³-hybridized carbons (Fsp3) is 0.200. The Morgan fingerprint density at radius 2 is 1.85 bits per heavy atom. The first kappa shape index (κ1) is 17.7. The fourth-order valence-electron chi connectivity index (χ4n) is 2.52. The van der Waals surface area contributed by atoms with Crippen molar-refractivity contribution in [3.63, 3.8) is 0 Å². The van der Waals surface area contributed by atoms with Gasteiger partial charge < -0.3 is 10.1 Å². The number of nitrogens with one attached hydrogen (secondary N) is 2. The van der Waals surface area contributed by atoms with Crippen molar-refractivity contribution in [3.8, 4) is 5.75 Å². The SMILES string of the molecule is COc1cccc(C(=Cc2ccc(C(=O)NO)cc2)C(=O)NC2CC2)c1. The lowest BCUT2D eigenvalue weighted by Gasteiger charge is -2.10. The van der Waals surface area contributed by atoms with Crippen LogP contribution in [-0.2, 0) is 4.79 Å². The molecule has 1 aliphatic carbocycles. The highest BCUT2D eigenvalue weighted by atomic mass is 16.5. The van der Waals surface area contributed by atoms with E-state index in [1.165, 1.54) is 0 Å². The maximum Gasteiger partial charge on any atom is 0.274 e. The van der Waals surface area contributed by atoms with Crippen molar-refractivity contribution in [3.05, 3.63) is 65.2 Å². The summed E-state index contributed by atoms with van der Waals surface area (Å²) in [5.74, 6) is -0.0551. The van der Waals surface area contributed by atoms with Crippen molar-refractivity contribution >= 4 is 23.5 Å². The molecule has 2 aromatic rings. The highest BCUT2D eigenvalue weighted by molar-refractivity contribution is 6.24. The molecule has 0 aliphatic heterocycles. The molecular weight excluding hydrogens is 332 g/mol. The lowest BCUT2D eigenvalue weighted by Crippen LogP contribution is -2.26. The molecule has 2 amide bonds. The molecule has 0 bridgehead atoms. The van der Waals surface area contributed by atoms with Crippen LogP contribution in [0.5, 0.6) is 5.75 Å². The van der Waals surface area contributed by atoms with Crippen molar-refractivity contribution < 1.29 is 19.5 Å². The lowest BCUT2D eigenvalue weighted by molar-refractivity contribution is -0.115. The Morgan fingerprint density at radius 1 is 1.12 bits per heavy atom. The van der Waals surface area contributed by atoms with Gasteiger partial charge in [0.05, 0.1) is 7.11 Å². The summed E-state index contributed by atoms with van der Waals surface area (Å²) in [6.07, 6.45) is 3.78. The third-order valence-electron chi connectivity index (χ3n) is 4.12. The van der Waals surface area contributed by atoms with Gasteiger partial charge in [-0.3, -0.25) is 14.8 Å². The summed E-state index contributed by atoms with van der Waals surface area (Å²) in [4.78, 5) is 24.1. The van der Waals surface area contributed by atoms with E-state index in [0.29, 0.717) is 16.9 Å². The largest absolute Gasteiger partial charge is 0.497 e. The van der Waals surface area contributed by atoms with Crippen LogP contribution in [0.15, 0.2) is 48.5 Å². The molecule has 26 heavy (non-hydrogen) atoms. The van der Waals surface area contributed by atoms with E-state index in [1.54, 1.807) is 42.9 Å². The Morgan fingerprint density at radius 3 is 2.46 bits per heavy atom. The molecule has 0 spiro atoms. The van der Waals surface area contributed by atoms with E-state index >= 15 is 0 Å². The van der Waals surface area contributed by atoms with E-state index < -0.39 is 5.91 Å². The van der Waals surface area contributed by atoms with Crippen molar-refractivity contribution in [1.29, 1.82) is 0 Å². The maximum absolute atomic E-state index is 12.7. The summed E-state index contributed by atoms with van der Waals surface area (Å²) in [6.45, 7) is 0. The van der Waals surface area contributed by atoms with Crippen LogP contribution < -0.4 is 15.5 Å². The number of carbonyl (C=O) groups excluding carboxylic acids is 2. The van der Waals surface area contributed by atoms with Gasteiger partial charge in [0, 0.05) is 17.2 Å². The molecule has 6 nitrogen and oxygen atoms in total. The minimum Gasteiger partial charge on any atom is -0.497 e. The van der Waals surface area contributed by atoms with Crippen LogP contribution >= 0.6 is 0 Å². The molecular formula is C20H20N2O4. The number of hydroxylamine groups is 1. The Kier molecular flexibility index (Phi) is 5.34. The van der Waals surface area contributed by atoms with Crippen LogP contribution in [0, 0.1) is 0 Å². The molecule has 1 saturated carbocycles. The van der Waals surface area contributed by atoms with E-state index in [4.69, 9.17) is 9.94 Å². The molecule has 134 valence electrons. The summed E-state index contributed by atoms with van der Waals surface area (Å²) in [5, 5.41) is 11.7. The number of hydrogen-bond acceptors (Lipinski definition) is 4. The van der Waals surface area contributed by atoms with Gasteiger partial charge in [-0.1, -0.05) is 24.3 Å². The maximum atomic E-state index is 12.7. The van der Waals surface area contributed by atoms with Crippen LogP contribution in [0.25, 0.3) is 11.6 Å². The monoisotopic (exact) mass is 352 g/mol. The minimum atomic E-state index is -0.583. The first-order chi connectivity index (χ1) is 12.6. The molecule has 0 aromatic heterocycles. The Hall–Kier alpha value is -3.12. The highest BCUT2D eigenvalue weighted by Crippen LogP contribution is 2.25. The molecule has 6 heteroatoms. The number of amides is 2. The molecule has 2 aromatic carbocycles. The molecule has 1 aliphatic rings. The van der Waals surface area contributed by atoms with Gasteiger partial charge in [0.1, 0.15) is 5.75 Å². The molecule has 3 N–H and O–H groups in total. The summed E-state index contributed by atoms with van der Waals surface area (Å²) in [7, 11) is 1.58. The first-order valence-electron chi connectivity index (χ1n) is 8.32. The van der Waals surface area contributed by atoms with E-state index in [-0.39, 0.29) is 11.9 Å². The average molecular weight is 352 g/mol. The van der Waals surface area contributed by atoms with Crippen LogP contribution in [0.2, 0.25) is 0 Å². The molecule has 0 radical (unpaired) electrons. The Labute approximate surface area is 151 Å². The van der Waals surface area contributed by atoms with Gasteiger partial charge in [-0.15, -0.1) is 0 Å². The second-order valence-electron chi connectivity index (χ2n) is 6.10. The quantitative estimate of drug-likeness (QED) is 0.323. The third kappa shape index (κ3) is 4.29. The lowest BCUT2D eigenvalue weighted by atomic mass is 10.0. The number of benzene rings is 2. The summed E-state index contributed by atoms with van der Waals surface area (Å²) in [6, 6.07) is 14.2. The second-order valence-corrected chi connectivity index (χ2v) is 6.10. The zero-order valence-electron chi connectivity index (χ0n) is 14.4. The number of hydrogen-bond donors (Lipinski definition) is 3. The van der Waals surface area contributed by atoms with Crippen LogP contribution in [0.4, 0.5) is 0 Å². The summed E-state index contributed by atoms with van der Waals surface area (Å²) >= 11 is 0. The molecule has 0 unspecified atom stereocenters. The summed E-state index contributed by atoms with van der Waals surface area (Å²) < 4.78 is 5.26.